The predicted octanol–water partition coefficient (Wildman–Crippen LogP) is 8.24. The van der Waals surface area contributed by atoms with Gasteiger partial charge >= 0.3 is 11.9 Å². The van der Waals surface area contributed by atoms with Crippen LogP contribution < -0.4 is 9.47 Å². The molecule has 226 valence electrons. The molecule has 0 amide bonds. The van der Waals surface area contributed by atoms with Crippen molar-refractivity contribution in [3.63, 3.8) is 0 Å². The lowest BCUT2D eigenvalue weighted by Gasteiger charge is -2.21. The van der Waals surface area contributed by atoms with Gasteiger partial charge in [0.15, 0.2) is 0 Å². The smallest absolute Gasteiger partial charge is 0.335 e. The van der Waals surface area contributed by atoms with E-state index in [4.69, 9.17) is 9.47 Å². The second-order valence-electron chi connectivity index (χ2n) is 11.7. The number of carboxylic acids is 2. The van der Waals surface area contributed by atoms with Crippen molar-refractivity contribution in [1.82, 2.24) is 0 Å². The Morgan fingerprint density at radius 3 is 1.52 bits per heavy atom. The van der Waals surface area contributed by atoms with Crippen LogP contribution in [-0.4, -0.2) is 35.4 Å². The van der Waals surface area contributed by atoms with Gasteiger partial charge in [-0.05, 0) is 107 Å². The topological polar surface area (TPSA) is 93.1 Å². The number of hydrogen-bond donors (Lipinski definition) is 2. The van der Waals surface area contributed by atoms with Gasteiger partial charge in [0, 0.05) is 12.8 Å². The monoisotopic (exact) mass is 574 g/mol. The minimum Gasteiger partial charge on any atom is -0.493 e. The lowest BCUT2D eigenvalue weighted by Crippen LogP contribution is -2.10. The summed E-state index contributed by atoms with van der Waals surface area (Å²) in [6.07, 6.45) is 4.52. The van der Waals surface area contributed by atoms with E-state index in [2.05, 4.69) is 53.7 Å². The first kappa shape index (κ1) is 32.7. The molecule has 0 saturated carbocycles. The number of hydrogen-bond acceptors (Lipinski definition) is 4. The summed E-state index contributed by atoms with van der Waals surface area (Å²) in [5, 5.41) is 19.4. The van der Waals surface area contributed by atoms with Crippen LogP contribution in [-0.2, 0) is 25.7 Å². The third kappa shape index (κ3) is 8.85. The Morgan fingerprint density at radius 1 is 0.619 bits per heavy atom. The zero-order valence-corrected chi connectivity index (χ0v) is 26.0. The minimum atomic E-state index is -0.967. The van der Waals surface area contributed by atoms with Crippen molar-refractivity contribution < 1.29 is 29.3 Å². The van der Waals surface area contributed by atoms with Crippen molar-refractivity contribution in [3.8, 4) is 11.5 Å². The summed E-state index contributed by atoms with van der Waals surface area (Å²) in [5.74, 6) is 0.491. The molecular formula is C36H46O6. The van der Waals surface area contributed by atoms with E-state index in [1.807, 2.05) is 0 Å². The van der Waals surface area contributed by atoms with E-state index in [1.165, 1.54) is 16.7 Å². The van der Waals surface area contributed by atoms with Crippen molar-refractivity contribution in [3.05, 3.63) is 93.0 Å². The van der Waals surface area contributed by atoms with Crippen LogP contribution in [0.25, 0.3) is 0 Å². The SMILES string of the molecule is CCc1ccc(Cc2cc(C(=O)O)ccc2OCCC(C)C)c(CC)c1Cc1cc(C(=O)O)ccc1OCCC(C)C. The number of ether oxygens (including phenoxy) is 2. The summed E-state index contributed by atoms with van der Waals surface area (Å²) >= 11 is 0. The van der Waals surface area contributed by atoms with E-state index in [0.29, 0.717) is 49.4 Å². The largest absolute Gasteiger partial charge is 0.493 e. The Labute approximate surface area is 250 Å². The van der Waals surface area contributed by atoms with Crippen LogP contribution in [0, 0.1) is 11.8 Å². The summed E-state index contributed by atoms with van der Waals surface area (Å²) in [5.41, 5.74) is 6.85. The molecule has 0 bridgehead atoms. The van der Waals surface area contributed by atoms with Gasteiger partial charge in [0.2, 0.25) is 0 Å². The number of carbonyl (C=O) groups is 2. The van der Waals surface area contributed by atoms with Crippen LogP contribution in [0.3, 0.4) is 0 Å². The summed E-state index contributed by atoms with van der Waals surface area (Å²) < 4.78 is 12.3. The molecule has 6 heteroatoms. The fraction of sp³-hybridized carbons (Fsp3) is 0.444. The average molecular weight is 575 g/mol. The lowest BCUT2D eigenvalue weighted by molar-refractivity contribution is 0.0686. The Morgan fingerprint density at radius 2 is 1.10 bits per heavy atom. The van der Waals surface area contributed by atoms with Crippen LogP contribution >= 0.6 is 0 Å². The predicted molar refractivity (Wildman–Crippen MR) is 168 cm³/mol. The Hall–Kier alpha value is -3.80. The fourth-order valence-electron chi connectivity index (χ4n) is 5.14. The zero-order chi connectivity index (χ0) is 30.8. The Kier molecular flexibility index (Phi) is 12.0. The molecule has 2 N–H and O–H groups in total. The quantitative estimate of drug-likeness (QED) is 0.179. The molecule has 0 unspecified atom stereocenters. The lowest BCUT2D eigenvalue weighted by atomic mass is 9.86. The van der Waals surface area contributed by atoms with Crippen molar-refractivity contribution >= 4 is 11.9 Å². The molecule has 3 aromatic rings. The van der Waals surface area contributed by atoms with Gasteiger partial charge in [-0.25, -0.2) is 9.59 Å². The molecular weight excluding hydrogens is 528 g/mol. The van der Waals surface area contributed by atoms with E-state index in [0.717, 1.165) is 42.4 Å². The highest BCUT2D eigenvalue weighted by atomic mass is 16.5. The molecule has 3 aromatic carbocycles. The van der Waals surface area contributed by atoms with E-state index in [9.17, 15) is 19.8 Å². The first-order valence-electron chi connectivity index (χ1n) is 15.1. The number of benzene rings is 3. The molecule has 0 aliphatic carbocycles. The van der Waals surface area contributed by atoms with E-state index >= 15 is 0 Å². The van der Waals surface area contributed by atoms with Gasteiger partial charge in [-0.3, -0.25) is 0 Å². The Bertz CT molecular complexity index is 1370. The molecule has 0 aromatic heterocycles. The maximum absolute atomic E-state index is 11.8. The molecule has 42 heavy (non-hydrogen) atoms. The normalized spacial score (nSPS) is 11.2. The van der Waals surface area contributed by atoms with Crippen LogP contribution in [0.1, 0.15) is 108 Å². The second kappa shape index (κ2) is 15.4. The number of rotatable bonds is 16. The maximum atomic E-state index is 11.8. The third-order valence-corrected chi connectivity index (χ3v) is 7.63. The molecule has 0 saturated heterocycles. The zero-order valence-electron chi connectivity index (χ0n) is 26.0. The van der Waals surface area contributed by atoms with Gasteiger partial charge in [0.1, 0.15) is 11.5 Å². The van der Waals surface area contributed by atoms with Crippen molar-refractivity contribution in [2.45, 2.75) is 80.1 Å². The summed E-state index contributed by atoms with van der Waals surface area (Å²) in [6, 6.07) is 14.5. The first-order valence-corrected chi connectivity index (χ1v) is 15.1. The van der Waals surface area contributed by atoms with Crippen LogP contribution in [0.5, 0.6) is 11.5 Å². The summed E-state index contributed by atoms with van der Waals surface area (Å²) in [4.78, 5) is 23.7. The van der Waals surface area contributed by atoms with E-state index in [1.54, 1.807) is 36.4 Å². The number of aromatic carboxylic acids is 2. The highest BCUT2D eigenvalue weighted by molar-refractivity contribution is 5.88. The second-order valence-corrected chi connectivity index (χ2v) is 11.7. The van der Waals surface area contributed by atoms with Gasteiger partial charge in [-0.1, -0.05) is 53.7 Å². The Balaban J connectivity index is 2.06. The van der Waals surface area contributed by atoms with E-state index < -0.39 is 11.9 Å². The first-order chi connectivity index (χ1) is 20.0. The molecule has 0 aliphatic rings. The molecule has 0 aliphatic heterocycles. The summed E-state index contributed by atoms with van der Waals surface area (Å²) in [7, 11) is 0. The standard InChI is InChI=1S/C36H46O6/c1-7-25-9-10-26(19-29-20-27(35(37)38)11-13-33(29)41-17-15-23(3)4)31(8-2)32(25)22-30-21-28(36(39)40)12-14-34(30)42-18-16-24(5)6/h9-14,20-21,23-24H,7-8,15-19,22H2,1-6H3,(H,37,38)(H,39,40). The third-order valence-electron chi connectivity index (χ3n) is 7.63. The fourth-order valence-corrected chi connectivity index (χ4v) is 5.14. The van der Waals surface area contributed by atoms with Crippen molar-refractivity contribution in [2.24, 2.45) is 11.8 Å². The van der Waals surface area contributed by atoms with Gasteiger partial charge in [-0.15, -0.1) is 0 Å². The van der Waals surface area contributed by atoms with Gasteiger partial charge in [0.25, 0.3) is 0 Å². The highest BCUT2D eigenvalue weighted by Gasteiger charge is 2.18. The molecule has 0 spiro atoms. The molecule has 0 atom stereocenters. The molecule has 0 radical (unpaired) electrons. The van der Waals surface area contributed by atoms with Crippen LogP contribution in [0.2, 0.25) is 0 Å². The molecule has 0 heterocycles. The van der Waals surface area contributed by atoms with Gasteiger partial charge in [-0.2, -0.15) is 0 Å². The minimum absolute atomic E-state index is 0.235. The molecule has 0 fully saturated rings. The van der Waals surface area contributed by atoms with Crippen LogP contribution in [0.15, 0.2) is 48.5 Å². The molecule has 3 rings (SSSR count). The highest BCUT2D eigenvalue weighted by Crippen LogP contribution is 2.32. The van der Waals surface area contributed by atoms with Crippen LogP contribution in [0.4, 0.5) is 0 Å². The average Bonchev–Trinajstić information content (AvgIpc) is 2.94. The maximum Gasteiger partial charge on any atom is 0.335 e. The van der Waals surface area contributed by atoms with Gasteiger partial charge in [0.05, 0.1) is 24.3 Å². The van der Waals surface area contributed by atoms with Crippen molar-refractivity contribution in [2.75, 3.05) is 13.2 Å². The number of carboxylic acid groups (broad SMARTS) is 2. The summed E-state index contributed by atoms with van der Waals surface area (Å²) in [6.45, 7) is 14.0. The van der Waals surface area contributed by atoms with E-state index in [-0.39, 0.29) is 11.1 Å². The van der Waals surface area contributed by atoms with Gasteiger partial charge < -0.3 is 19.7 Å². The van der Waals surface area contributed by atoms with Crippen molar-refractivity contribution in [1.29, 1.82) is 0 Å². The molecule has 6 nitrogen and oxygen atoms in total. The number of aryl methyl sites for hydroxylation is 1.